The van der Waals surface area contributed by atoms with Crippen LogP contribution in [0, 0.1) is 6.92 Å². The largest absolute Gasteiger partial charge is 0.350 e. The monoisotopic (exact) mass is 283 g/mol. The van der Waals surface area contributed by atoms with Gasteiger partial charge in [-0.15, -0.1) is 36.2 Å². The third kappa shape index (κ3) is 3.90. The lowest BCUT2D eigenvalue weighted by molar-refractivity contribution is -0.124. The Bertz CT molecular complexity index is 341. The summed E-state index contributed by atoms with van der Waals surface area (Å²) in [6.07, 6.45) is 2.77. The van der Waals surface area contributed by atoms with Crippen molar-refractivity contribution in [2.45, 2.75) is 25.9 Å². The predicted octanol–water partition coefficient (Wildman–Crippen LogP) is 1.27. The molecule has 2 heterocycles. The lowest BCUT2D eigenvalue weighted by atomic mass is 10.1. The standard InChI is InChI=1S/C9H13N3OS.2ClH/c1-6-11-4-7(14-6)5-12-9(13)8-2-3-10-8;;/h4,8,10H,2-3,5H2,1H3,(H,12,13);2*1H/t8-;;/m1../s1. The molecule has 1 fully saturated rings. The van der Waals surface area contributed by atoms with Gasteiger partial charge >= 0.3 is 0 Å². The van der Waals surface area contributed by atoms with Crippen LogP contribution in [0.1, 0.15) is 16.3 Å². The normalized spacial score (nSPS) is 17.7. The number of carbonyl (C=O) groups is 1. The minimum atomic E-state index is 0. The minimum absolute atomic E-state index is 0. The summed E-state index contributed by atoms with van der Waals surface area (Å²) in [4.78, 5) is 16.6. The molecule has 1 aliphatic heterocycles. The molecule has 1 aromatic rings. The van der Waals surface area contributed by atoms with E-state index >= 15 is 0 Å². The zero-order chi connectivity index (χ0) is 9.97. The number of halogens is 2. The fourth-order valence-electron chi connectivity index (χ4n) is 1.30. The van der Waals surface area contributed by atoms with Crippen molar-refractivity contribution in [1.82, 2.24) is 15.6 Å². The molecule has 0 aliphatic carbocycles. The van der Waals surface area contributed by atoms with E-state index in [9.17, 15) is 4.79 Å². The summed E-state index contributed by atoms with van der Waals surface area (Å²) in [5.74, 6) is 0.0994. The molecule has 0 aromatic carbocycles. The third-order valence-electron chi connectivity index (χ3n) is 2.25. The molecule has 1 aliphatic rings. The van der Waals surface area contributed by atoms with Crippen molar-refractivity contribution in [3.8, 4) is 0 Å². The molecule has 1 aromatic heterocycles. The van der Waals surface area contributed by atoms with Gasteiger partial charge in [-0.3, -0.25) is 4.79 Å². The Morgan fingerprint density at radius 1 is 1.69 bits per heavy atom. The Morgan fingerprint density at radius 2 is 2.38 bits per heavy atom. The number of thiazole rings is 1. The molecule has 7 heteroatoms. The van der Waals surface area contributed by atoms with Gasteiger partial charge in [-0.1, -0.05) is 0 Å². The van der Waals surface area contributed by atoms with Crippen LogP contribution < -0.4 is 10.6 Å². The third-order valence-corrected chi connectivity index (χ3v) is 3.16. The van der Waals surface area contributed by atoms with Crippen LogP contribution in [0.25, 0.3) is 0 Å². The highest BCUT2D eigenvalue weighted by Crippen LogP contribution is 2.11. The first kappa shape index (κ1) is 15.6. The molecular formula is C9H15Cl2N3OS. The van der Waals surface area contributed by atoms with Crippen LogP contribution >= 0.6 is 36.2 Å². The van der Waals surface area contributed by atoms with Gasteiger partial charge in [0.15, 0.2) is 0 Å². The quantitative estimate of drug-likeness (QED) is 0.879. The van der Waals surface area contributed by atoms with Gasteiger partial charge in [-0.2, -0.15) is 0 Å². The summed E-state index contributed by atoms with van der Waals surface area (Å²) in [6, 6.07) is 0.0315. The van der Waals surface area contributed by atoms with Gasteiger partial charge in [0.25, 0.3) is 0 Å². The average molecular weight is 284 g/mol. The van der Waals surface area contributed by atoms with E-state index in [0.717, 1.165) is 22.9 Å². The van der Waals surface area contributed by atoms with E-state index in [-0.39, 0.29) is 36.8 Å². The summed E-state index contributed by atoms with van der Waals surface area (Å²) in [6.45, 7) is 3.52. The van der Waals surface area contributed by atoms with Gasteiger partial charge < -0.3 is 10.6 Å². The van der Waals surface area contributed by atoms with Crippen molar-refractivity contribution in [1.29, 1.82) is 0 Å². The lowest BCUT2D eigenvalue weighted by Gasteiger charge is -2.26. The Labute approximate surface area is 111 Å². The van der Waals surface area contributed by atoms with Crippen LogP contribution in [0.3, 0.4) is 0 Å². The van der Waals surface area contributed by atoms with E-state index in [1.165, 1.54) is 0 Å². The molecular weight excluding hydrogens is 269 g/mol. The molecule has 0 bridgehead atoms. The fraction of sp³-hybridized carbons (Fsp3) is 0.556. The molecule has 0 spiro atoms. The number of carbonyl (C=O) groups excluding carboxylic acids is 1. The summed E-state index contributed by atoms with van der Waals surface area (Å²) < 4.78 is 0. The highest BCUT2D eigenvalue weighted by Gasteiger charge is 2.23. The highest BCUT2D eigenvalue weighted by atomic mass is 35.5. The average Bonchev–Trinajstić information content (AvgIpc) is 2.45. The highest BCUT2D eigenvalue weighted by molar-refractivity contribution is 7.11. The van der Waals surface area contributed by atoms with Gasteiger partial charge in [-0.05, 0) is 19.9 Å². The van der Waals surface area contributed by atoms with Crippen molar-refractivity contribution in [3.05, 3.63) is 16.1 Å². The lowest BCUT2D eigenvalue weighted by Crippen LogP contribution is -2.52. The first-order valence-electron chi connectivity index (χ1n) is 4.68. The van der Waals surface area contributed by atoms with E-state index in [0.29, 0.717) is 6.54 Å². The summed E-state index contributed by atoms with van der Waals surface area (Å²) >= 11 is 1.62. The van der Waals surface area contributed by atoms with Crippen LogP contribution in [0.5, 0.6) is 0 Å². The number of aryl methyl sites for hydroxylation is 1. The maximum absolute atomic E-state index is 11.4. The molecule has 2 rings (SSSR count). The van der Waals surface area contributed by atoms with E-state index in [1.54, 1.807) is 11.3 Å². The second-order valence-corrected chi connectivity index (χ2v) is 4.68. The van der Waals surface area contributed by atoms with Crippen molar-refractivity contribution < 1.29 is 4.79 Å². The topological polar surface area (TPSA) is 54.0 Å². The SMILES string of the molecule is Cc1ncc(CNC(=O)[C@H]2CCN2)s1.Cl.Cl. The number of hydrogen-bond donors (Lipinski definition) is 2. The maximum atomic E-state index is 11.4. The van der Waals surface area contributed by atoms with E-state index in [1.807, 2.05) is 13.1 Å². The minimum Gasteiger partial charge on any atom is -0.350 e. The molecule has 0 radical (unpaired) electrons. The van der Waals surface area contributed by atoms with E-state index in [2.05, 4.69) is 15.6 Å². The zero-order valence-corrected chi connectivity index (χ0v) is 11.3. The number of nitrogens with one attached hydrogen (secondary N) is 2. The Hall–Kier alpha value is -0.360. The molecule has 1 atom stereocenters. The predicted molar refractivity (Wildman–Crippen MR) is 69.6 cm³/mol. The van der Waals surface area contributed by atoms with Gasteiger partial charge in [-0.25, -0.2) is 4.98 Å². The van der Waals surface area contributed by atoms with Crippen LogP contribution in [-0.2, 0) is 11.3 Å². The number of nitrogens with zero attached hydrogens (tertiary/aromatic N) is 1. The van der Waals surface area contributed by atoms with E-state index in [4.69, 9.17) is 0 Å². The van der Waals surface area contributed by atoms with Gasteiger partial charge in [0.2, 0.25) is 5.91 Å². The molecule has 92 valence electrons. The van der Waals surface area contributed by atoms with Gasteiger partial charge in [0.1, 0.15) is 0 Å². The number of rotatable bonds is 3. The summed E-state index contributed by atoms with van der Waals surface area (Å²) in [7, 11) is 0. The number of hydrogen-bond acceptors (Lipinski definition) is 4. The maximum Gasteiger partial charge on any atom is 0.237 e. The first-order valence-corrected chi connectivity index (χ1v) is 5.50. The van der Waals surface area contributed by atoms with Crippen molar-refractivity contribution >= 4 is 42.1 Å². The Morgan fingerprint density at radius 3 is 2.81 bits per heavy atom. The molecule has 1 amide bonds. The Balaban J connectivity index is 0.00000112. The van der Waals surface area contributed by atoms with E-state index < -0.39 is 0 Å². The Kier molecular flexibility index (Phi) is 6.90. The van der Waals surface area contributed by atoms with Crippen LogP contribution in [-0.4, -0.2) is 23.5 Å². The molecule has 16 heavy (non-hydrogen) atoms. The zero-order valence-electron chi connectivity index (χ0n) is 8.86. The van der Waals surface area contributed by atoms with Crippen molar-refractivity contribution in [2.24, 2.45) is 0 Å². The van der Waals surface area contributed by atoms with Crippen LogP contribution in [0.4, 0.5) is 0 Å². The van der Waals surface area contributed by atoms with Crippen LogP contribution in [0.2, 0.25) is 0 Å². The number of amides is 1. The second kappa shape index (κ2) is 7.06. The second-order valence-electron chi connectivity index (χ2n) is 3.36. The number of aromatic nitrogens is 1. The summed E-state index contributed by atoms with van der Waals surface area (Å²) in [5.41, 5.74) is 0. The molecule has 2 N–H and O–H groups in total. The molecule has 1 saturated heterocycles. The fourth-order valence-corrected chi connectivity index (χ4v) is 2.03. The van der Waals surface area contributed by atoms with Crippen molar-refractivity contribution in [3.63, 3.8) is 0 Å². The smallest absolute Gasteiger partial charge is 0.237 e. The van der Waals surface area contributed by atoms with Crippen LogP contribution in [0.15, 0.2) is 6.20 Å². The van der Waals surface area contributed by atoms with Gasteiger partial charge in [0, 0.05) is 11.1 Å². The first-order chi connectivity index (χ1) is 6.75. The van der Waals surface area contributed by atoms with Gasteiger partial charge in [0.05, 0.1) is 17.6 Å². The molecule has 0 unspecified atom stereocenters. The molecule has 0 saturated carbocycles. The summed E-state index contributed by atoms with van der Waals surface area (Å²) in [5, 5.41) is 6.98. The van der Waals surface area contributed by atoms with Crippen molar-refractivity contribution in [2.75, 3.05) is 6.54 Å². The molecule has 4 nitrogen and oxygen atoms in total.